The molecule has 0 amide bonds. The second-order valence-electron chi connectivity index (χ2n) is 6.01. The lowest BCUT2D eigenvalue weighted by Crippen LogP contribution is -2.50. The van der Waals surface area contributed by atoms with Crippen molar-refractivity contribution in [3.05, 3.63) is 0 Å². The Bertz CT molecular complexity index is 401. The van der Waals surface area contributed by atoms with Crippen molar-refractivity contribution >= 4 is 10.2 Å². The van der Waals surface area contributed by atoms with Crippen LogP contribution in [-0.4, -0.2) is 67.6 Å². The smallest absolute Gasteiger partial charge is 0.281 e. The zero-order chi connectivity index (χ0) is 15.3. The van der Waals surface area contributed by atoms with E-state index in [9.17, 15) is 8.42 Å². The summed E-state index contributed by atoms with van der Waals surface area (Å²) >= 11 is 0. The summed E-state index contributed by atoms with van der Waals surface area (Å²) in [5.41, 5.74) is 0. The number of ether oxygens (including phenoxy) is 1. The maximum atomic E-state index is 12.7. The fraction of sp³-hybridized carbons (Fsp3) is 1.00. The highest BCUT2D eigenvalue weighted by Gasteiger charge is 2.35. The average Bonchev–Trinajstić information content (AvgIpc) is 2.53. The SMILES string of the molecule is CN(C1CCCCC1)S(=O)(=O)N1CCC(OCCO)CC1. The molecule has 0 bridgehead atoms. The summed E-state index contributed by atoms with van der Waals surface area (Å²) in [4.78, 5) is 0. The van der Waals surface area contributed by atoms with Gasteiger partial charge in [-0.2, -0.15) is 17.0 Å². The van der Waals surface area contributed by atoms with Crippen molar-refractivity contribution in [2.45, 2.75) is 57.1 Å². The van der Waals surface area contributed by atoms with Gasteiger partial charge in [0.15, 0.2) is 0 Å². The first-order valence-electron chi connectivity index (χ1n) is 8.01. The third-order valence-corrected chi connectivity index (χ3v) is 6.67. The van der Waals surface area contributed by atoms with Gasteiger partial charge in [-0.3, -0.25) is 0 Å². The summed E-state index contributed by atoms with van der Waals surface area (Å²) in [5, 5.41) is 8.76. The fourth-order valence-electron chi connectivity index (χ4n) is 3.26. The van der Waals surface area contributed by atoms with Crippen molar-refractivity contribution in [2.75, 3.05) is 33.4 Å². The van der Waals surface area contributed by atoms with E-state index in [1.807, 2.05) is 0 Å². The first kappa shape index (κ1) is 17.1. The molecule has 6 nitrogen and oxygen atoms in total. The summed E-state index contributed by atoms with van der Waals surface area (Å²) in [6.07, 6.45) is 6.91. The molecule has 0 atom stereocenters. The number of aliphatic hydroxyl groups excluding tert-OH is 1. The van der Waals surface area contributed by atoms with Crippen LogP contribution in [0.4, 0.5) is 0 Å². The van der Waals surface area contributed by atoms with Crippen LogP contribution >= 0.6 is 0 Å². The van der Waals surface area contributed by atoms with Gasteiger partial charge in [0.1, 0.15) is 0 Å². The van der Waals surface area contributed by atoms with Crippen LogP contribution in [0.1, 0.15) is 44.9 Å². The predicted molar refractivity (Wildman–Crippen MR) is 81.2 cm³/mol. The van der Waals surface area contributed by atoms with Crippen molar-refractivity contribution in [1.82, 2.24) is 8.61 Å². The molecule has 124 valence electrons. The maximum absolute atomic E-state index is 12.7. The van der Waals surface area contributed by atoms with Gasteiger partial charge < -0.3 is 9.84 Å². The second kappa shape index (κ2) is 7.87. The summed E-state index contributed by atoms with van der Waals surface area (Å²) in [6.45, 7) is 1.37. The van der Waals surface area contributed by atoms with Gasteiger partial charge in [-0.25, -0.2) is 0 Å². The molecule has 7 heteroatoms. The van der Waals surface area contributed by atoms with E-state index in [0.29, 0.717) is 32.5 Å². The summed E-state index contributed by atoms with van der Waals surface area (Å²) < 4.78 is 34.0. The van der Waals surface area contributed by atoms with Crippen LogP contribution in [0, 0.1) is 0 Å². The van der Waals surface area contributed by atoms with Crippen LogP contribution in [0.3, 0.4) is 0 Å². The highest BCUT2D eigenvalue weighted by atomic mass is 32.2. The number of hydrogen-bond donors (Lipinski definition) is 1. The van der Waals surface area contributed by atoms with E-state index < -0.39 is 10.2 Å². The molecule has 0 radical (unpaired) electrons. The minimum absolute atomic E-state index is 0.0168. The number of nitrogens with zero attached hydrogens (tertiary/aromatic N) is 2. The largest absolute Gasteiger partial charge is 0.394 e. The molecular weight excluding hydrogens is 292 g/mol. The van der Waals surface area contributed by atoms with Gasteiger partial charge >= 0.3 is 0 Å². The van der Waals surface area contributed by atoms with Gasteiger partial charge in [-0.15, -0.1) is 0 Å². The van der Waals surface area contributed by atoms with Crippen molar-refractivity contribution in [3.63, 3.8) is 0 Å². The molecule has 1 saturated carbocycles. The Hall–Kier alpha value is -0.210. The summed E-state index contributed by atoms with van der Waals surface area (Å²) in [5.74, 6) is 0. The molecule has 1 aliphatic heterocycles. The number of aliphatic hydroxyl groups is 1. The van der Waals surface area contributed by atoms with E-state index in [4.69, 9.17) is 9.84 Å². The first-order valence-corrected chi connectivity index (χ1v) is 9.41. The van der Waals surface area contributed by atoms with E-state index in [0.717, 1.165) is 25.7 Å². The molecule has 1 N–H and O–H groups in total. The van der Waals surface area contributed by atoms with Crippen LogP contribution in [-0.2, 0) is 14.9 Å². The Balaban J connectivity index is 1.88. The fourth-order valence-corrected chi connectivity index (χ4v) is 4.89. The Labute approximate surface area is 128 Å². The minimum Gasteiger partial charge on any atom is -0.394 e. The first-order chi connectivity index (χ1) is 10.1. The van der Waals surface area contributed by atoms with Crippen LogP contribution in [0.5, 0.6) is 0 Å². The highest BCUT2D eigenvalue weighted by molar-refractivity contribution is 7.86. The monoisotopic (exact) mass is 320 g/mol. The van der Waals surface area contributed by atoms with E-state index in [-0.39, 0.29) is 18.8 Å². The molecule has 1 saturated heterocycles. The van der Waals surface area contributed by atoms with E-state index in [2.05, 4.69) is 0 Å². The molecule has 2 rings (SSSR count). The highest BCUT2D eigenvalue weighted by Crippen LogP contribution is 2.26. The Morgan fingerprint density at radius 1 is 1.14 bits per heavy atom. The third kappa shape index (κ3) is 4.39. The molecule has 0 aromatic heterocycles. The summed E-state index contributed by atoms with van der Waals surface area (Å²) in [6, 6.07) is 0.159. The van der Waals surface area contributed by atoms with Gasteiger partial charge in [0.25, 0.3) is 10.2 Å². The topological polar surface area (TPSA) is 70.1 Å². The van der Waals surface area contributed by atoms with Gasteiger partial charge in [0, 0.05) is 26.2 Å². The zero-order valence-corrected chi connectivity index (χ0v) is 13.7. The van der Waals surface area contributed by atoms with Crippen LogP contribution < -0.4 is 0 Å². The molecule has 1 heterocycles. The van der Waals surface area contributed by atoms with Gasteiger partial charge in [0.2, 0.25) is 0 Å². The summed E-state index contributed by atoms with van der Waals surface area (Å²) in [7, 11) is -1.62. The van der Waals surface area contributed by atoms with Crippen LogP contribution in [0.25, 0.3) is 0 Å². The Morgan fingerprint density at radius 2 is 1.76 bits per heavy atom. The molecule has 0 aromatic rings. The van der Waals surface area contributed by atoms with Crippen molar-refractivity contribution in [2.24, 2.45) is 0 Å². The van der Waals surface area contributed by atoms with Gasteiger partial charge in [-0.05, 0) is 25.7 Å². The molecular formula is C14H28N2O4S. The molecule has 0 spiro atoms. The quantitative estimate of drug-likeness (QED) is 0.792. The molecule has 0 aromatic carbocycles. The predicted octanol–water partition coefficient (Wildman–Crippen LogP) is 0.969. The molecule has 21 heavy (non-hydrogen) atoms. The molecule has 2 fully saturated rings. The Kier molecular flexibility index (Phi) is 6.43. The molecule has 0 unspecified atom stereocenters. The standard InChI is InChI=1S/C14H28N2O4S/c1-15(13-5-3-2-4-6-13)21(18,19)16-9-7-14(8-10-16)20-12-11-17/h13-14,17H,2-12H2,1H3. The third-order valence-electron chi connectivity index (χ3n) is 4.62. The van der Waals surface area contributed by atoms with Gasteiger partial charge in [0.05, 0.1) is 19.3 Å². The average molecular weight is 320 g/mol. The lowest BCUT2D eigenvalue weighted by molar-refractivity contribution is 0.00244. The molecule has 1 aliphatic carbocycles. The number of hydrogen-bond acceptors (Lipinski definition) is 4. The van der Waals surface area contributed by atoms with Crippen LogP contribution in [0.15, 0.2) is 0 Å². The van der Waals surface area contributed by atoms with Crippen LogP contribution in [0.2, 0.25) is 0 Å². The van der Waals surface area contributed by atoms with Crippen molar-refractivity contribution in [1.29, 1.82) is 0 Å². The maximum Gasteiger partial charge on any atom is 0.281 e. The van der Waals surface area contributed by atoms with Crippen molar-refractivity contribution in [3.8, 4) is 0 Å². The minimum atomic E-state index is -3.34. The van der Waals surface area contributed by atoms with Gasteiger partial charge in [-0.1, -0.05) is 19.3 Å². The number of rotatable bonds is 6. The lowest BCUT2D eigenvalue weighted by Gasteiger charge is -2.37. The Morgan fingerprint density at radius 3 is 2.33 bits per heavy atom. The zero-order valence-electron chi connectivity index (χ0n) is 12.9. The number of piperidine rings is 1. The van der Waals surface area contributed by atoms with E-state index in [1.54, 1.807) is 15.7 Å². The molecule has 2 aliphatic rings. The van der Waals surface area contributed by atoms with Crippen molar-refractivity contribution < 1.29 is 18.3 Å². The lowest BCUT2D eigenvalue weighted by atomic mass is 9.96. The second-order valence-corrected chi connectivity index (χ2v) is 8.00. The van der Waals surface area contributed by atoms with E-state index >= 15 is 0 Å². The normalized spacial score (nSPS) is 23.8. The van der Waals surface area contributed by atoms with E-state index in [1.165, 1.54) is 6.42 Å².